The molecule has 22 heavy (non-hydrogen) atoms. The van der Waals surface area contributed by atoms with Crippen LogP contribution in [0.3, 0.4) is 0 Å². The molecule has 1 aliphatic rings. The first kappa shape index (κ1) is 16.3. The fraction of sp³-hybridized carbons (Fsp3) is 0.529. The second-order valence-electron chi connectivity index (χ2n) is 5.63. The molecule has 0 aromatic heterocycles. The molecule has 5 heteroatoms. The normalized spacial score (nSPS) is 17.9. The summed E-state index contributed by atoms with van der Waals surface area (Å²) < 4.78 is 5.12. The minimum absolute atomic E-state index is 0.00476. The van der Waals surface area contributed by atoms with E-state index in [-0.39, 0.29) is 30.2 Å². The summed E-state index contributed by atoms with van der Waals surface area (Å²) in [5.74, 6) is 0.460. The Bertz CT molecular complexity index is 523. The molecule has 1 N–H and O–H groups in total. The highest BCUT2D eigenvalue weighted by molar-refractivity contribution is 6.00. The van der Waals surface area contributed by atoms with Crippen molar-refractivity contribution in [1.82, 2.24) is 5.32 Å². The standard InChI is InChI=1S/C17H24N2O3/c1-4-13(5-2)18-17(21)12-10-16(20)19(11-12)14-6-8-15(22-3)9-7-14/h6-9,12-13H,4-5,10-11H2,1-3H3,(H,18,21). The van der Waals surface area contributed by atoms with Crippen molar-refractivity contribution in [1.29, 1.82) is 0 Å². The Morgan fingerprint density at radius 2 is 1.95 bits per heavy atom. The van der Waals surface area contributed by atoms with Gasteiger partial charge in [-0.15, -0.1) is 0 Å². The Kier molecular flexibility index (Phi) is 5.41. The number of carbonyl (C=O) groups is 2. The summed E-state index contributed by atoms with van der Waals surface area (Å²) in [5.41, 5.74) is 0.809. The zero-order chi connectivity index (χ0) is 16.1. The van der Waals surface area contributed by atoms with E-state index in [0.29, 0.717) is 6.54 Å². The van der Waals surface area contributed by atoms with Crippen LogP contribution in [0, 0.1) is 5.92 Å². The second-order valence-corrected chi connectivity index (χ2v) is 5.63. The van der Waals surface area contributed by atoms with Crippen molar-refractivity contribution < 1.29 is 14.3 Å². The van der Waals surface area contributed by atoms with Crippen molar-refractivity contribution in [3.8, 4) is 5.75 Å². The van der Waals surface area contributed by atoms with Crippen molar-refractivity contribution >= 4 is 17.5 Å². The summed E-state index contributed by atoms with van der Waals surface area (Å²) in [5, 5.41) is 3.03. The number of ether oxygens (including phenoxy) is 1. The maximum atomic E-state index is 12.3. The summed E-state index contributed by atoms with van der Waals surface area (Å²) in [6.07, 6.45) is 2.09. The van der Waals surface area contributed by atoms with Crippen LogP contribution in [0.15, 0.2) is 24.3 Å². The summed E-state index contributed by atoms with van der Waals surface area (Å²) in [6.45, 7) is 4.55. The number of amides is 2. The van der Waals surface area contributed by atoms with Gasteiger partial charge in [-0.3, -0.25) is 9.59 Å². The van der Waals surface area contributed by atoms with Gasteiger partial charge < -0.3 is 15.0 Å². The van der Waals surface area contributed by atoms with Gasteiger partial charge in [-0.2, -0.15) is 0 Å². The minimum Gasteiger partial charge on any atom is -0.497 e. The monoisotopic (exact) mass is 304 g/mol. The third kappa shape index (κ3) is 3.59. The molecule has 0 bridgehead atoms. The molecule has 1 saturated heterocycles. The Labute approximate surface area is 131 Å². The first-order valence-electron chi connectivity index (χ1n) is 7.83. The number of nitrogens with one attached hydrogen (secondary N) is 1. The van der Waals surface area contributed by atoms with Gasteiger partial charge in [-0.1, -0.05) is 13.8 Å². The maximum Gasteiger partial charge on any atom is 0.227 e. The highest BCUT2D eigenvalue weighted by Crippen LogP contribution is 2.27. The predicted octanol–water partition coefficient (Wildman–Crippen LogP) is 2.35. The van der Waals surface area contributed by atoms with Crippen molar-refractivity contribution in [2.45, 2.75) is 39.2 Å². The average Bonchev–Trinajstić information content (AvgIpc) is 2.94. The number of anilines is 1. The number of carbonyl (C=O) groups excluding carboxylic acids is 2. The van der Waals surface area contributed by atoms with Gasteiger partial charge in [0.25, 0.3) is 0 Å². The van der Waals surface area contributed by atoms with E-state index < -0.39 is 0 Å². The fourth-order valence-electron chi connectivity index (χ4n) is 2.71. The number of methoxy groups -OCH3 is 1. The smallest absolute Gasteiger partial charge is 0.227 e. The van der Waals surface area contributed by atoms with Crippen LogP contribution in [0.1, 0.15) is 33.1 Å². The second kappa shape index (κ2) is 7.29. The van der Waals surface area contributed by atoms with E-state index in [9.17, 15) is 9.59 Å². The molecule has 5 nitrogen and oxygen atoms in total. The van der Waals surface area contributed by atoms with Crippen LogP contribution >= 0.6 is 0 Å². The first-order chi connectivity index (χ1) is 10.6. The molecule has 2 amide bonds. The topological polar surface area (TPSA) is 58.6 Å². The lowest BCUT2D eigenvalue weighted by atomic mass is 10.1. The molecule has 0 aliphatic carbocycles. The fourth-order valence-corrected chi connectivity index (χ4v) is 2.71. The summed E-state index contributed by atoms with van der Waals surface area (Å²) in [4.78, 5) is 26.1. The van der Waals surface area contributed by atoms with Crippen molar-refractivity contribution in [3.05, 3.63) is 24.3 Å². The molecular formula is C17H24N2O3. The lowest BCUT2D eigenvalue weighted by Gasteiger charge is -2.19. The van der Waals surface area contributed by atoms with Crippen LogP contribution in [-0.4, -0.2) is 31.5 Å². The Hall–Kier alpha value is -2.04. The molecule has 120 valence electrons. The molecule has 1 aromatic carbocycles. The molecule has 1 heterocycles. The van der Waals surface area contributed by atoms with Gasteiger partial charge in [-0.25, -0.2) is 0 Å². The highest BCUT2D eigenvalue weighted by Gasteiger charge is 2.35. The molecule has 1 aromatic rings. The Morgan fingerprint density at radius 1 is 1.32 bits per heavy atom. The van der Waals surface area contributed by atoms with Gasteiger partial charge >= 0.3 is 0 Å². The minimum atomic E-state index is -0.268. The van der Waals surface area contributed by atoms with Gasteiger partial charge in [0, 0.05) is 24.7 Å². The lowest BCUT2D eigenvalue weighted by Crippen LogP contribution is -2.39. The van der Waals surface area contributed by atoms with Crippen LogP contribution in [0.25, 0.3) is 0 Å². The molecule has 2 rings (SSSR count). The largest absolute Gasteiger partial charge is 0.497 e. The molecule has 0 radical (unpaired) electrons. The van der Waals surface area contributed by atoms with Crippen LogP contribution in [-0.2, 0) is 9.59 Å². The summed E-state index contributed by atoms with van der Waals surface area (Å²) in [7, 11) is 1.61. The molecule has 1 atom stereocenters. The van der Waals surface area contributed by atoms with Gasteiger partial charge in [0.2, 0.25) is 11.8 Å². The number of hydrogen-bond donors (Lipinski definition) is 1. The lowest BCUT2D eigenvalue weighted by molar-refractivity contribution is -0.127. The molecule has 1 fully saturated rings. The van der Waals surface area contributed by atoms with E-state index in [1.165, 1.54) is 0 Å². The van der Waals surface area contributed by atoms with Gasteiger partial charge in [0.05, 0.1) is 13.0 Å². The van der Waals surface area contributed by atoms with Crippen molar-refractivity contribution in [2.75, 3.05) is 18.6 Å². The van der Waals surface area contributed by atoms with Gasteiger partial charge in [-0.05, 0) is 37.1 Å². The zero-order valence-corrected chi connectivity index (χ0v) is 13.5. The van der Waals surface area contributed by atoms with Crippen LogP contribution in [0.4, 0.5) is 5.69 Å². The number of hydrogen-bond acceptors (Lipinski definition) is 3. The van der Waals surface area contributed by atoms with E-state index in [4.69, 9.17) is 4.74 Å². The maximum absolute atomic E-state index is 12.3. The zero-order valence-electron chi connectivity index (χ0n) is 13.5. The van der Waals surface area contributed by atoms with E-state index in [1.54, 1.807) is 12.0 Å². The number of nitrogens with zero attached hydrogens (tertiary/aromatic N) is 1. The predicted molar refractivity (Wildman–Crippen MR) is 86.0 cm³/mol. The third-order valence-electron chi connectivity index (χ3n) is 4.21. The molecule has 0 spiro atoms. The van der Waals surface area contributed by atoms with Gasteiger partial charge in [0.1, 0.15) is 5.75 Å². The van der Waals surface area contributed by atoms with E-state index in [1.807, 2.05) is 24.3 Å². The van der Waals surface area contributed by atoms with Crippen LogP contribution < -0.4 is 15.0 Å². The first-order valence-corrected chi connectivity index (χ1v) is 7.83. The quantitative estimate of drug-likeness (QED) is 0.877. The van der Waals surface area contributed by atoms with E-state index in [2.05, 4.69) is 19.2 Å². The molecular weight excluding hydrogens is 280 g/mol. The molecule has 0 saturated carbocycles. The number of rotatable bonds is 6. The van der Waals surface area contributed by atoms with Crippen LogP contribution in [0.2, 0.25) is 0 Å². The Balaban J connectivity index is 2.02. The summed E-state index contributed by atoms with van der Waals surface area (Å²) >= 11 is 0. The van der Waals surface area contributed by atoms with Crippen molar-refractivity contribution in [3.63, 3.8) is 0 Å². The highest BCUT2D eigenvalue weighted by atomic mass is 16.5. The van der Waals surface area contributed by atoms with Crippen LogP contribution in [0.5, 0.6) is 5.75 Å². The van der Waals surface area contributed by atoms with E-state index in [0.717, 1.165) is 24.3 Å². The van der Waals surface area contributed by atoms with Crippen molar-refractivity contribution in [2.24, 2.45) is 5.92 Å². The van der Waals surface area contributed by atoms with Gasteiger partial charge in [0.15, 0.2) is 0 Å². The Morgan fingerprint density at radius 3 is 2.50 bits per heavy atom. The summed E-state index contributed by atoms with van der Waals surface area (Å²) in [6, 6.07) is 7.52. The average molecular weight is 304 g/mol. The molecule has 1 unspecified atom stereocenters. The molecule has 1 aliphatic heterocycles. The van der Waals surface area contributed by atoms with E-state index >= 15 is 0 Å². The third-order valence-corrected chi connectivity index (χ3v) is 4.21. The number of benzene rings is 1. The SMILES string of the molecule is CCC(CC)NC(=O)C1CC(=O)N(c2ccc(OC)cc2)C1.